The summed E-state index contributed by atoms with van der Waals surface area (Å²) < 4.78 is 7.16. The Kier molecular flexibility index (Phi) is 2.41. The third-order valence-electron chi connectivity index (χ3n) is 2.66. The first-order valence-electron chi connectivity index (χ1n) is 4.92. The van der Waals surface area contributed by atoms with Crippen LogP contribution >= 0.6 is 0 Å². The summed E-state index contributed by atoms with van der Waals surface area (Å²) in [6, 6.07) is 1.19. The van der Waals surface area contributed by atoms with Crippen LogP contribution in [-0.4, -0.2) is 39.4 Å². The molecule has 2 heterocycles. The predicted molar refractivity (Wildman–Crippen MR) is 52.1 cm³/mol. The van der Waals surface area contributed by atoms with Gasteiger partial charge in [0.05, 0.1) is 13.7 Å². The molecule has 1 aliphatic heterocycles. The summed E-state index contributed by atoms with van der Waals surface area (Å²) in [5.74, 6) is 1.00. The molecule has 2 rings (SSSR count). The Morgan fingerprint density at radius 1 is 1.29 bits per heavy atom. The van der Waals surface area contributed by atoms with Crippen LogP contribution in [0.4, 0.5) is 0 Å². The van der Waals surface area contributed by atoms with Crippen molar-refractivity contribution in [2.45, 2.75) is 33.0 Å². The molecule has 1 aromatic heterocycles. The van der Waals surface area contributed by atoms with Gasteiger partial charge in [0.2, 0.25) is 0 Å². The first-order chi connectivity index (χ1) is 6.72. The van der Waals surface area contributed by atoms with Crippen LogP contribution in [0.5, 0.6) is 6.01 Å². The molecule has 5 nitrogen and oxygen atoms in total. The number of ether oxygens (including phenoxy) is 1. The molecule has 0 N–H and O–H groups in total. The van der Waals surface area contributed by atoms with Crippen molar-refractivity contribution in [3.63, 3.8) is 0 Å². The molecule has 1 aromatic rings. The van der Waals surface area contributed by atoms with Gasteiger partial charge in [-0.2, -0.15) is 0 Å². The van der Waals surface area contributed by atoms with E-state index in [0.717, 1.165) is 25.5 Å². The molecule has 0 fully saturated rings. The van der Waals surface area contributed by atoms with Crippen molar-refractivity contribution in [3.05, 3.63) is 5.82 Å². The van der Waals surface area contributed by atoms with E-state index in [1.165, 1.54) is 0 Å². The topological polar surface area (TPSA) is 43.2 Å². The lowest BCUT2D eigenvalue weighted by Gasteiger charge is -2.30. The average Bonchev–Trinajstić information content (AvgIpc) is 2.59. The van der Waals surface area contributed by atoms with E-state index in [9.17, 15) is 0 Å². The highest BCUT2D eigenvalue weighted by atomic mass is 16.5. The van der Waals surface area contributed by atoms with E-state index in [2.05, 4.69) is 28.9 Å². The first kappa shape index (κ1) is 9.45. The molecule has 0 bridgehead atoms. The van der Waals surface area contributed by atoms with Gasteiger partial charge in [-0.3, -0.25) is 9.47 Å². The summed E-state index contributed by atoms with van der Waals surface area (Å²) in [5.41, 5.74) is 0. The van der Waals surface area contributed by atoms with Crippen molar-refractivity contribution in [3.8, 4) is 6.01 Å². The van der Waals surface area contributed by atoms with Gasteiger partial charge in [-0.15, -0.1) is 5.10 Å². The molecule has 0 spiro atoms. The van der Waals surface area contributed by atoms with Crippen LogP contribution in [0.2, 0.25) is 0 Å². The van der Waals surface area contributed by atoms with Crippen molar-refractivity contribution in [1.82, 2.24) is 19.7 Å². The Balaban J connectivity index is 2.20. The lowest BCUT2D eigenvalue weighted by atomic mass is 10.2. The molecule has 1 aliphatic rings. The van der Waals surface area contributed by atoms with Crippen molar-refractivity contribution in [2.24, 2.45) is 0 Å². The normalized spacial score (nSPS) is 17.1. The van der Waals surface area contributed by atoms with E-state index < -0.39 is 0 Å². The zero-order valence-corrected chi connectivity index (χ0v) is 8.90. The maximum atomic E-state index is 5.12. The summed E-state index contributed by atoms with van der Waals surface area (Å²) in [6.45, 7) is 7.23. The van der Waals surface area contributed by atoms with Crippen LogP contribution in [0.25, 0.3) is 0 Å². The van der Waals surface area contributed by atoms with Crippen LogP contribution in [0.1, 0.15) is 19.7 Å². The third-order valence-corrected chi connectivity index (χ3v) is 2.66. The molecular formula is C9H16N4O. The second-order valence-electron chi connectivity index (χ2n) is 3.82. The maximum absolute atomic E-state index is 5.12. The Labute approximate surface area is 83.7 Å². The number of fused-ring (bicyclic) bond motifs is 1. The Bertz CT molecular complexity index is 321. The summed E-state index contributed by atoms with van der Waals surface area (Å²) in [6.07, 6.45) is 0. The second kappa shape index (κ2) is 3.57. The van der Waals surface area contributed by atoms with Gasteiger partial charge in [0.25, 0.3) is 0 Å². The van der Waals surface area contributed by atoms with Gasteiger partial charge in [-0.25, -0.2) is 0 Å². The van der Waals surface area contributed by atoms with Gasteiger partial charge < -0.3 is 4.74 Å². The van der Waals surface area contributed by atoms with E-state index in [1.54, 1.807) is 7.11 Å². The van der Waals surface area contributed by atoms with E-state index in [0.29, 0.717) is 12.1 Å². The highest BCUT2D eigenvalue weighted by Gasteiger charge is 2.22. The Morgan fingerprint density at radius 2 is 2.07 bits per heavy atom. The quantitative estimate of drug-likeness (QED) is 0.691. The molecule has 0 aliphatic carbocycles. The number of hydrogen-bond acceptors (Lipinski definition) is 4. The number of hydrogen-bond donors (Lipinski definition) is 0. The van der Waals surface area contributed by atoms with Crippen LogP contribution in [0, 0.1) is 0 Å². The van der Waals surface area contributed by atoms with E-state index in [-0.39, 0.29) is 0 Å². The summed E-state index contributed by atoms with van der Waals surface area (Å²) >= 11 is 0. The van der Waals surface area contributed by atoms with Gasteiger partial charge in [0.15, 0.2) is 0 Å². The summed E-state index contributed by atoms with van der Waals surface area (Å²) in [5, 5.41) is 8.08. The smallest absolute Gasteiger partial charge is 0.316 e. The number of aromatic nitrogens is 3. The molecule has 0 amide bonds. The molecule has 0 aromatic carbocycles. The largest absolute Gasteiger partial charge is 0.467 e. The summed E-state index contributed by atoms with van der Waals surface area (Å²) in [7, 11) is 1.63. The minimum absolute atomic E-state index is 0.562. The molecule has 0 atom stereocenters. The van der Waals surface area contributed by atoms with Crippen LogP contribution in [-0.2, 0) is 13.1 Å². The Morgan fingerprint density at radius 3 is 2.71 bits per heavy atom. The fourth-order valence-electron chi connectivity index (χ4n) is 1.74. The molecule has 0 radical (unpaired) electrons. The molecule has 14 heavy (non-hydrogen) atoms. The van der Waals surface area contributed by atoms with E-state index in [1.807, 2.05) is 4.57 Å². The molecular weight excluding hydrogens is 180 g/mol. The van der Waals surface area contributed by atoms with Crippen molar-refractivity contribution < 1.29 is 4.74 Å². The minimum atomic E-state index is 0.562. The molecule has 0 saturated heterocycles. The highest BCUT2D eigenvalue weighted by Crippen LogP contribution is 2.17. The van der Waals surface area contributed by atoms with E-state index in [4.69, 9.17) is 4.74 Å². The second-order valence-corrected chi connectivity index (χ2v) is 3.82. The van der Waals surface area contributed by atoms with Gasteiger partial charge >= 0.3 is 6.01 Å². The molecule has 5 heteroatoms. The standard InChI is InChI=1S/C9H16N4O/c1-7(2)12-4-5-13-8(6-12)10-11-9(13)14-3/h7H,4-6H2,1-3H3. The van der Waals surface area contributed by atoms with E-state index >= 15 is 0 Å². The highest BCUT2D eigenvalue weighted by molar-refractivity contribution is 5.03. The van der Waals surface area contributed by atoms with Crippen LogP contribution in [0.15, 0.2) is 0 Å². The lowest BCUT2D eigenvalue weighted by Crippen LogP contribution is -2.38. The first-order valence-corrected chi connectivity index (χ1v) is 4.92. The van der Waals surface area contributed by atoms with Gasteiger partial charge in [0.1, 0.15) is 5.82 Å². The number of methoxy groups -OCH3 is 1. The Hall–Kier alpha value is -1.10. The molecule has 0 saturated carbocycles. The van der Waals surface area contributed by atoms with Crippen LogP contribution < -0.4 is 4.74 Å². The minimum Gasteiger partial charge on any atom is -0.467 e. The van der Waals surface area contributed by atoms with Gasteiger partial charge in [-0.1, -0.05) is 5.10 Å². The molecule has 78 valence electrons. The number of rotatable bonds is 2. The number of nitrogens with zero attached hydrogens (tertiary/aromatic N) is 4. The van der Waals surface area contributed by atoms with Crippen molar-refractivity contribution in [1.29, 1.82) is 0 Å². The fourth-order valence-corrected chi connectivity index (χ4v) is 1.74. The predicted octanol–water partition coefficient (Wildman–Crippen LogP) is 0.511. The lowest BCUT2D eigenvalue weighted by molar-refractivity contribution is 0.168. The third kappa shape index (κ3) is 1.48. The zero-order chi connectivity index (χ0) is 10.1. The maximum Gasteiger partial charge on any atom is 0.316 e. The monoisotopic (exact) mass is 196 g/mol. The fraction of sp³-hybridized carbons (Fsp3) is 0.778. The molecule has 0 unspecified atom stereocenters. The summed E-state index contributed by atoms with van der Waals surface area (Å²) in [4.78, 5) is 2.38. The van der Waals surface area contributed by atoms with Gasteiger partial charge in [0, 0.05) is 19.1 Å². The zero-order valence-electron chi connectivity index (χ0n) is 8.90. The van der Waals surface area contributed by atoms with Gasteiger partial charge in [-0.05, 0) is 13.8 Å². The average molecular weight is 196 g/mol. The van der Waals surface area contributed by atoms with Crippen molar-refractivity contribution >= 4 is 0 Å². The van der Waals surface area contributed by atoms with Crippen LogP contribution in [0.3, 0.4) is 0 Å². The SMILES string of the molecule is COc1nnc2n1CCN(C(C)C)C2. The van der Waals surface area contributed by atoms with Crippen molar-refractivity contribution in [2.75, 3.05) is 13.7 Å².